The van der Waals surface area contributed by atoms with E-state index in [-0.39, 0.29) is 36.1 Å². The highest BCUT2D eigenvalue weighted by Gasteiger charge is 2.17. The molecule has 2 atom stereocenters. The van der Waals surface area contributed by atoms with E-state index in [1.165, 1.54) is 4.88 Å². The molecule has 2 heterocycles. The maximum absolute atomic E-state index is 5.84. The molecule has 1 aliphatic heterocycles. The van der Waals surface area contributed by atoms with Crippen LogP contribution in [-0.4, -0.2) is 56.0 Å². The van der Waals surface area contributed by atoms with Crippen molar-refractivity contribution in [1.82, 2.24) is 15.6 Å². The number of guanidine groups is 1. The van der Waals surface area contributed by atoms with Crippen molar-refractivity contribution in [1.29, 1.82) is 0 Å². The predicted octanol–water partition coefficient (Wildman–Crippen LogP) is 2.36. The summed E-state index contributed by atoms with van der Waals surface area (Å²) in [6.07, 6.45) is 4.03. The van der Waals surface area contributed by atoms with Crippen LogP contribution < -0.4 is 10.6 Å². The van der Waals surface area contributed by atoms with Crippen LogP contribution in [-0.2, 0) is 15.9 Å². The van der Waals surface area contributed by atoms with E-state index in [2.05, 4.69) is 41.4 Å². The molecule has 0 aliphatic carbocycles. The highest BCUT2D eigenvalue weighted by Crippen LogP contribution is 2.11. The number of aliphatic imine (C=N–C) groups is 1. The summed E-state index contributed by atoms with van der Waals surface area (Å²) < 4.78 is 11.2. The Balaban J connectivity index is 0.00000288. The number of ether oxygens (including phenoxy) is 2. The van der Waals surface area contributed by atoms with Crippen molar-refractivity contribution >= 4 is 41.3 Å². The van der Waals surface area contributed by atoms with Crippen LogP contribution in [0, 0.1) is 6.92 Å². The lowest BCUT2D eigenvalue weighted by molar-refractivity contribution is 0.0347. The number of hydrogen-bond acceptors (Lipinski definition) is 5. The molecule has 1 aromatic heterocycles. The SMILES string of the molecule is CCNC(=NCCc1ncc(C)s1)NC(C)COC1CCOC1.I. The van der Waals surface area contributed by atoms with Crippen LogP contribution in [0.5, 0.6) is 0 Å². The van der Waals surface area contributed by atoms with E-state index in [1.54, 1.807) is 11.3 Å². The molecule has 1 saturated heterocycles. The highest BCUT2D eigenvalue weighted by molar-refractivity contribution is 14.0. The van der Waals surface area contributed by atoms with Crippen molar-refractivity contribution in [3.8, 4) is 0 Å². The average Bonchev–Trinajstić information content (AvgIpc) is 3.17. The Labute approximate surface area is 165 Å². The first-order chi connectivity index (χ1) is 11.2. The number of nitrogens with zero attached hydrogens (tertiary/aromatic N) is 2. The molecular formula is C16H29IN4O2S. The van der Waals surface area contributed by atoms with Gasteiger partial charge in [-0.1, -0.05) is 0 Å². The first-order valence-electron chi connectivity index (χ1n) is 8.33. The van der Waals surface area contributed by atoms with Gasteiger partial charge in [-0.3, -0.25) is 4.99 Å². The van der Waals surface area contributed by atoms with Gasteiger partial charge < -0.3 is 20.1 Å². The Morgan fingerprint density at radius 3 is 3.04 bits per heavy atom. The molecule has 24 heavy (non-hydrogen) atoms. The zero-order valence-corrected chi connectivity index (χ0v) is 17.9. The van der Waals surface area contributed by atoms with Crippen molar-refractivity contribution < 1.29 is 9.47 Å². The molecule has 0 aromatic carbocycles. The van der Waals surface area contributed by atoms with Crippen LogP contribution in [0.2, 0.25) is 0 Å². The van der Waals surface area contributed by atoms with Crippen molar-refractivity contribution in [2.45, 2.75) is 45.8 Å². The quantitative estimate of drug-likeness (QED) is 0.349. The van der Waals surface area contributed by atoms with Crippen LogP contribution >= 0.6 is 35.3 Å². The number of aryl methyl sites for hydroxylation is 1. The maximum Gasteiger partial charge on any atom is 0.191 e. The number of halogens is 1. The molecule has 1 aromatic rings. The second-order valence-corrected chi connectivity index (χ2v) is 7.06. The third-order valence-electron chi connectivity index (χ3n) is 3.46. The van der Waals surface area contributed by atoms with Crippen LogP contribution in [0.3, 0.4) is 0 Å². The van der Waals surface area contributed by atoms with Crippen LogP contribution in [0.25, 0.3) is 0 Å². The summed E-state index contributed by atoms with van der Waals surface area (Å²) in [7, 11) is 0. The minimum Gasteiger partial charge on any atom is -0.379 e. The lowest BCUT2D eigenvalue weighted by Gasteiger charge is -2.19. The van der Waals surface area contributed by atoms with Gasteiger partial charge in [-0.15, -0.1) is 35.3 Å². The molecule has 138 valence electrons. The van der Waals surface area contributed by atoms with Gasteiger partial charge in [0.15, 0.2) is 5.96 Å². The van der Waals surface area contributed by atoms with Crippen molar-refractivity contribution in [3.05, 3.63) is 16.1 Å². The maximum atomic E-state index is 5.84. The first-order valence-corrected chi connectivity index (χ1v) is 9.14. The minimum atomic E-state index is 0. The van der Waals surface area contributed by atoms with Gasteiger partial charge >= 0.3 is 0 Å². The molecule has 0 bridgehead atoms. The monoisotopic (exact) mass is 468 g/mol. The van der Waals surface area contributed by atoms with E-state index >= 15 is 0 Å². The Kier molecular flexibility index (Phi) is 10.8. The fraction of sp³-hybridized carbons (Fsp3) is 0.750. The van der Waals surface area contributed by atoms with E-state index in [4.69, 9.17) is 9.47 Å². The van der Waals surface area contributed by atoms with Gasteiger partial charge in [-0.2, -0.15) is 0 Å². The summed E-state index contributed by atoms with van der Waals surface area (Å²) in [5.41, 5.74) is 0. The third kappa shape index (κ3) is 8.09. The van der Waals surface area contributed by atoms with Gasteiger partial charge in [0.2, 0.25) is 0 Å². The second kappa shape index (κ2) is 12.0. The smallest absolute Gasteiger partial charge is 0.191 e. The van der Waals surface area contributed by atoms with Crippen LogP contribution in [0.1, 0.15) is 30.2 Å². The predicted molar refractivity (Wildman–Crippen MR) is 110 cm³/mol. The third-order valence-corrected chi connectivity index (χ3v) is 4.43. The summed E-state index contributed by atoms with van der Waals surface area (Å²) >= 11 is 1.74. The Bertz CT molecular complexity index is 492. The molecule has 0 spiro atoms. The molecule has 6 nitrogen and oxygen atoms in total. The first kappa shape index (κ1) is 21.6. The lowest BCUT2D eigenvalue weighted by atomic mass is 10.3. The Morgan fingerprint density at radius 2 is 2.42 bits per heavy atom. The van der Waals surface area contributed by atoms with Gasteiger partial charge in [0.05, 0.1) is 24.3 Å². The molecule has 0 radical (unpaired) electrons. The van der Waals surface area contributed by atoms with Gasteiger partial charge in [0, 0.05) is 43.2 Å². The summed E-state index contributed by atoms with van der Waals surface area (Å²) in [5.74, 6) is 0.833. The number of nitrogens with one attached hydrogen (secondary N) is 2. The van der Waals surface area contributed by atoms with E-state index in [0.717, 1.165) is 43.5 Å². The lowest BCUT2D eigenvalue weighted by Crippen LogP contribution is -2.44. The van der Waals surface area contributed by atoms with Crippen molar-refractivity contribution in [2.24, 2.45) is 4.99 Å². The van der Waals surface area contributed by atoms with Crippen LogP contribution in [0.15, 0.2) is 11.2 Å². The molecule has 8 heteroatoms. The number of rotatable bonds is 8. The molecular weight excluding hydrogens is 439 g/mol. The molecule has 1 fully saturated rings. The standard InChI is InChI=1S/C16H28N4O2S.HI/c1-4-17-16(18-7-5-15-19-9-13(3)23-15)20-12(2)10-22-14-6-8-21-11-14;/h9,12,14H,4-8,10-11H2,1-3H3,(H2,17,18,20);1H. The van der Waals surface area contributed by atoms with Crippen molar-refractivity contribution in [2.75, 3.05) is 32.9 Å². The zero-order chi connectivity index (χ0) is 16.5. The van der Waals surface area contributed by atoms with Gasteiger partial charge in [0.25, 0.3) is 0 Å². The summed E-state index contributed by atoms with van der Waals surface area (Å²) in [5, 5.41) is 7.80. The van der Waals surface area contributed by atoms with E-state index in [1.807, 2.05) is 6.20 Å². The summed E-state index contributed by atoms with van der Waals surface area (Å²) in [6.45, 7) is 10.0. The van der Waals surface area contributed by atoms with Gasteiger partial charge in [0.1, 0.15) is 0 Å². The fourth-order valence-corrected chi connectivity index (χ4v) is 3.08. The number of thiazole rings is 1. The summed E-state index contributed by atoms with van der Waals surface area (Å²) in [6, 6.07) is 0.204. The van der Waals surface area contributed by atoms with Crippen LogP contribution in [0.4, 0.5) is 0 Å². The van der Waals surface area contributed by atoms with E-state index < -0.39 is 0 Å². The van der Waals surface area contributed by atoms with Crippen molar-refractivity contribution in [3.63, 3.8) is 0 Å². The Hall–Kier alpha value is -0.450. The molecule has 2 N–H and O–H groups in total. The molecule has 0 amide bonds. The van der Waals surface area contributed by atoms with Gasteiger partial charge in [-0.25, -0.2) is 4.98 Å². The molecule has 2 unspecified atom stereocenters. The Morgan fingerprint density at radius 1 is 1.58 bits per heavy atom. The number of aromatic nitrogens is 1. The van der Waals surface area contributed by atoms with Gasteiger partial charge in [-0.05, 0) is 27.2 Å². The largest absolute Gasteiger partial charge is 0.379 e. The highest BCUT2D eigenvalue weighted by atomic mass is 127. The normalized spacial score (nSPS) is 19.0. The summed E-state index contributed by atoms with van der Waals surface area (Å²) in [4.78, 5) is 10.2. The fourth-order valence-electron chi connectivity index (χ4n) is 2.30. The second-order valence-electron chi connectivity index (χ2n) is 5.74. The zero-order valence-electron chi connectivity index (χ0n) is 14.7. The molecule has 1 aliphatic rings. The molecule has 2 rings (SSSR count). The topological polar surface area (TPSA) is 67.8 Å². The minimum absolute atomic E-state index is 0. The number of hydrogen-bond donors (Lipinski definition) is 2. The average molecular weight is 468 g/mol. The van der Waals surface area contributed by atoms with E-state index in [9.17, 15) is 0 Å². The molecule has 0 saturated carbocycles. The van der Waals surface area contributed by atoms with E-state index in [0.29, 0.717) is 13.2 Å².